The van der Waals surface area contributed by atoms with E-state index in [4.69, 9.17) is 0 Å². The van der Waals surface area contributed by atoms with Crippen molar-refractivity contribution in [3.63, 3.8) is 0 Å². The van der Waals surface area contributed by atoms with Gasteiger partial charge in [0.1, 0.15) is 0 Å². The molecule has 2 rings (SSSR count). The third-order valence-corrected chi connectivity index (χ3v) is 9.77. The van der Waals surface area contributed by atoms with Crippen molar-refractivity contribution in [3.8, 4) is 12.1 Å². The van der Waals surface area contributed by atoms with Crippen LogP contribution in [0.15, 0.2) is 34.4 Å². The monoisotopic (exact) mass is 412 g/mol. The van der Waals surface area contributed by atoms with E-state index in [1.807, 2.05) is 13.8 Å². The Morgan fingerprint density at radius 3 is 2.41 bits per heavy atom. The summed E-state index contributed by atoms with van der Waals surface area (Å²) in [6, 6.07) is 5.90. The molecule has 1 aliphatic heterocycles. The van der Waals surface area contributed by atoms with Crippen molar-refractivity contribution < 1.29 is 5.32 Å². The second-order valence-corrected chi connectivity index (χ2v) is 10.8. The summed E-state index contributed by atoms with van der Waals surface area (Å²) in [5.41, 5.74) is 6.94. The number of hydrogen-bond acceptors (Lipinski definition) is 0. The predicted molar refractivity (Wildman–Crippen MR) is 104 cm³/mol. The van der Waals surface area contributed by atoms with Gasteiger partial charge in [-0.15, -0.1) is 0 Å². The van der Waals surface area contributed by atoms with Crippen LogP contribution in [0.3, 0.4) is 0 Å². The minimum atomic E-state index is -1.27. The average Bonchev–Trinajstić information content (AvgIpc) is 3.11. The molecule has 0 saturated carbocycles. The van der Waals surface area contributed by atoms with E-state index in [-0.39, 0.29) is 0 Å². The second-order valence-electron chi connectivity index (χ2n) is 5.76. The SMILES string of the molecule is C=C1C(C)=C(C)C(C)=C1CCC[NH2+]C1C([N+]#CC)I1[N+]#CC. The van der Waals surface area contributed by atoms with Crippen LogP contribution in [0, 0.1) is 12.1 Å². The van der Waals surface area contributed by atoms with Gasteiger partial charge in [0.05, 0.1) is 0 Å². The summed E-state index contributed by atoms with van der Waals surface area (Å²) in [4.78, 5) is 4.44. The molecule has 1 heterocycles. The van der Waals surface area contributed by atoms with Crippen LogP contribution in [0.5, 0.6) is 0 Å². The minimum absolute atomic E-state index is 0.454. The number of hydrogen-bond donors (Lipinski definition) is 1. The Balaban J connectivity index is 1.80. The molecule has 0 aromatic rings. The van der Waals surface area contributed by atoms with Gasteiger partial charge in [0.2, 0.25) is 0 Å². The molecule has 4 heteroatoms. The fourth-order valence-corrected chi connectivity index (χ4v) is 7.86. The molecule has 1 saturated heterocycles. The summed E-state index contributed by atoms with van der Waals surface area (Å²) >= 11 is -1.27. The zero-order chi connectivity index (χ0) is 16.3. The Kier molecular flexibility index (Phi) is 5.83. The molecule has 0 bridgehead atoms. The molecule has 0 amide bonds. The molecule has 0 aromatic heterocycles. The van der Waals surface area contributed by atoms with Crippen molar-refractivity contribution in [2.24, 2.45) is 0 Å². The number of allylic oxidation sites excluding steroid dienone is 5. The zero-order valence-electron chi connectivity index (χ0n) is 14.3. The van der Waals surface area contributed by atoms with Gasteiger partial charge in [-0.2, -0.15) is 0 Å². The van der Waals surface area contributed by atoms with E-state index in [0.717, 1.165) is 13.0 Å². The number of alkyl halides is 2. The van der Waals surface area contributed by atoms with Crippen molar-refractivity contribution in [1.29, 1.82) is 0 Å². The molecule has 3 nitrogen and oxygen atoms in total. The molecule has 0 aromatic carbocycles. The van der Waals surface area contributed by atoms with Gasteiger partial charge < -0.3 is 0 Å². The normalized spacial score (nSPS) is 25.0. The van der Waals surface area contributed by atoms with Gasteiger partial charge in [-0.25, -0.2) is 0 Å². The summed E-state index contributed by atoms with van der Waals surface area (Å²) in [5.74, 6) is 0. The van der Waals surface area contributed by atoms with Crippen LogP contribution >= 0.6 is 20.1 Å². The molecule has 118 valence electrons. The quantitative estimate of drug-likeness (QED) is 0.301. The second kappa shape index (κ2) is 7.44. The maximum absolute atomic E-state index is 4.53. The third kappa shape index (κ3) is 3.45. The van der Waals surface area contributed by atoms with Crippen molar-refractivity contribution in [3.05, 3.63) is 42.3 Å². The molecule has 1 aliphatic carbocycles. The molecular weight excluding hydrogens is 385 g/mol. The fraction of sp³-hybridized carbons (Fsp3) is 0.556. The van der Waals surface area contributed by atoms with E-state index in [2.05, 4.69) is 52.7 Å². The van der Waals surface area contributed by atoms with Crippen LogP contribution in [0.25, 0.3) is 7.90 Å². The Morgan fingerprint density at radius 1 is 1.14 bits per heavy atom. The molecular formula is C18H27IN3+3. The molecule has 1 fully saturated rings. The van der Waals surface area contributed by atoms with Crippen molar-refractivity contribution in [2.75, 3.05) is 6.54 Å². The molecule has 0 spiro atoms. The van der Waals surface area contributed by atoms with Crippen LogP contribution in [-0.4, -0.2) is 14.6 Å². The number of halogens is 1. The van der Waals surface area contributed by atoms with Gasteiger partial charge >= 0.3 is 142 Å². The van der Waals surface area contributed by atoms with Gasteiger partial charge in [0, 0.05) is 0 Å². The molecule has 2 aliphatic rings. The summed E-state index contributed by atoms with van der Waals surface area (Å²) in [6.07, 6.45) is 2.33. The van der Waals surface area contributed by atoms with E-state index in [0.29, 0.717) is 8.10 Å². The molecule has 0 radical (unpaired) electrons. The van der Waals surface area contributed by atoms with Gasteiger partial charge in [-0.05, 0) is 0 Å². The first kappa shape index (κ1) is 17.2. The standard InChI is InChI=1S/C18H26IN3/c1-7-20-17-18(19(17)22-8-2)21-11-9-10-16-14(5)12(3)13(4)15(16)6/h17-18,21H,5,9-11H2,1-4,6H3/q+2/p+1. The Labute approximate surface area is 141 Å². The van der Waals surface area contributed by atoms with Crippen LogP contribution in [-0.2, 0) is 0 Å². The number of rotatable bonds is 5. The maximum atomic E-state index is 4.53. The molecule has 22 heavy (non-hydrogen) atoms. The van der Waals surface area contributed by atoms with Crippen LogP contribution < -0.4 is 5.32 Å². The van der Waals surface area contributed by atoms with Crippen LogP contribution in [0.1, 0.15) is 47.5 Å². The first-order chi connectivity index (χ1) is 10.5. The zero-order valence-corrected chi connectivity index (χ0v) is 16.5. The molecule has 2 N–H and O–H groups in total. The summed E-state index contributed by atoms with van der Waals surface area (Å²) in [7, 11) is 0. The van der Waals surface area contributed by atoms with E-state index in [1.165, 1.54) is 34.3 Å². The fourth-order valence-electron chi connectivity index (χ4n) is 2.92. The summed E-state index contributed by atoms with van der Waals surface area (Å²) < 4.78 is 5.62. The Hall–Kier alpha value is -1.11. The average molecular weight is 412 g/mol. The van der Waals surface area contributed by atoms with E-state index in [9.17, 15) is 0 Å². The number of nitrogens with zero attached hydrogens (tertiary/aromatic N) is 2. The number of nitrogens with two attached hydrogens (primary N) is 1. The van der Waals surface area contributed by atoms with Crippen molar-refractivity contribution >= 4 is 20.1 Å². The summed E-state index contributed by atoms with van der Waals surface area (Å²) in [5, 5.41) is 2.46. The topological polar surface area (TPSA) is 25.3 Å². The Bertz CT molecular complexity index is 638. The Morgan fingerprint density at radius 2 is 1.86 bits per heavy atom. The molecule has 2 atom stereocenters. The van der Waals surface area contributed by atoms with Crippen LogP contribution in [0.2, 0.25) is 0 Å². The van der Waals surface area contributed by atoms with Crippen LogP contribution in [0.4, 0.5) is 0 Å². The first-order valence-electron chi connectivity index (χ1n) is 7.84. The summed E-state index contributed by atoms with van der Waals surface area (Å²) in [6.45, 7) is 15.8. The van der Waals surface area contributed by atoms with E-state index in [1.54, 1.807) is 0 Å². The molecule has 2 unspecified atom stereocenters. The first-order valence-corrected chi connectivity index (χ1v) is 11.3. The predicted octanol–water partition coefficient (Wildman–Crippen LogP) is 4.35. The number of quaternary nitrogens is 1. The van der Waals surface area contributed by atoms with Gasteiger partial charge in [0.15, 0.2) is 0 Å². The van der Waals surface area contributed by atoms with Crippen molar-refractivity contribution in [1.82, 2.24) is 0 Å². The van der Waals surface area contributed by atoms with Crippen molar-refractivity contribution in [2.45, 2.75) is 55.6 Å². The van der Waals surface area contributed by atoms with E-state index >= 15 is 0 Å². The van der Waals surface area contributed by atoms with E-state index < -0.39 is 20.1 Å². The third-order valence-electron chi connectivity index (χ3n) is 4.53. The van der Waals surface area contributed by atoms with Gasteiger partial charge in [-0.3, -0.25) is 0 Å². The van der Waals surface area contributed by atoms with Gasteiger partial charge in [-0.1, -0.05) is 0 Å². The van der Waals surface area contributed by atoms with Gasteiger partial charge in [0.25, 0.3) is 0 Å².